The molecule has 0 aromatic heterocycles. The first-order valence-electron chi connectivity index (χ1n) is 6.72. The average molecular weight is 310 g/mol. The highest BCUT2D eigenvalue weighted by Crippen LogP contribution is 2.29. The minimum Gasteiger partial charge on any atom is -0.326 e. The first-order chi connectivity index (χ1) is 8.66. The number of carbonyl (C=O) groups excluding carboxylic acids is 1. The van der Waals surface area contributed by atoms with Crippen molar-refractivity contribution in [1.82, 2.24) is 0 Å². The normalized spacial score (nSPS) is 15.9. The van der Waals surface area contributed by atoms with E-state index in [-0.39, 0.29) is 5.91 Å². The molecule has 1 aliphatic rings. The summed E-state index contributed by atoms with van der Waals surface area (Å²) in [5, 5.41) is 3.01. The van der Waals surface area contributed by atoms with Crippen LogP contribution in [0, 0.1) is 12.8 Å². The van der Waals surface area contributed by atoms with Crippen molar-refractivity contribution in [2.75, 3.05) is 5.32 Å². The molecule has 0 atom stereocenters. The molecule has 0 radical (unpaired) electrons. The number of rotatable bonds is 4. The molecule has 1 aromatic rings. The molecule has 1 aliphatic carbocycles. The van der Waals surface area contributed by atoms with E-state index in [1.807, 2.05) is 25.1 Å². The molecule has 2 rings (SSSR count). The van der Waals surface area contributed by atoms with Crippen molar-refractivity contribution in [3.8, 4) is 0 Å². The van der Waals surface area contributed by atoms with E-state index in [0.29, 0.717) is 6.42 Å². The molecule has 2 nitrogen and oxygen atoms in total. The van der Waals surface area contributed by atoms with Crippen LogP contribution in [0.2, 0.25) is 0 Å². The van der Waals surface area contributed by atoms with Crippen molar-refractivity contribution in [2.24, 2.45) is 5.92 Å². The van der Waals surface area contributed by atoms with Crippen LogP contribution >= 0.6 is 15.9 Å². The Kier molecular flexibility index (Phi) is 4.81. The lowest BCUT2D eigenvalue weighted by atomic mass is 10.0. The molecule has 1 fully saturated rings. The van der Waals surface area contributed by atoms with Crippen LogP contribution in [0.5, 0.6) is 0 Å². The Labute approximate surface area is 117 Å². The fourth-order valence-electron chi connectivity index (χ4n) is 2.59. The molecule has 1 saturated carbocycles. The third-order valence-electron chi connectivity index (χ3n) is 3.80. The van der Waals surface area contributed by atoms with E-state index in [9.17, 15) is 4.79 Å². The Morgan fingerprint density at radius 1 is 1.39 bits per heavy atom. The molecule has 1 amide bonds. The van der Waals surface area contributed by atoms with Gasteiger partial charge in [-0.1, -0.05) is 47.7 Å². The second-order valence-electron chi connectivity index (χ2n) is 5.15. The number of amides is 1. The van der Waals surface area contributed by atoms with Gasteiger partial charge in [0.15, 0.2) is 0 Å². The maximum Gasteiger partial charge on any atom is 0.224 e. The Bertz CT molecular complexity index is 425. The summed E-state index contributed by atoms with van der Waals surface area (Å²) < 4.78 is 1.04. The van der Waals surface area contributed by atoms with Crippen LogP contribution < -0.4 is 5.32 Å². The fourth-order valence-corrected chi connectivity index (χ4v) is 2.96. The van der Waals surface area contributed by atoms with Gasteiger partial charge in [-0.2, -0.15) is 0 Å². The molecule has 0 aliphatic heterocycles. The molecule has 0 bridgehead atoms. The van der Waals surface area contributed by atoms with Gasteiger partial charge in [0.05, 0.1) is 0 Å². The predicted molar refractivity (Wildman–Crippen MR) is 78.7 cm³/mol. The van der Waals surface area contributed by atoms with E-state index in [4.69, 9.17) is 0 Å². The maximum atomic E-state index is 11.9. The van der Waals surface area contributed by atoms with Gasteiger partial charge in [0.25, 0.3) is 0 Å². The second kappa shape index (κ2) is 6.37. The minimum absolute atomic E-state index is 0.142. The Balaban J connectivity index is 1.84. The van der Waals surface area contributed by atoms with Crippen LogP contribution in [0.1, 0.15) is 44.1 Å². The van der Waals surface area contributed by atoms with Crippen molar-refractivity contribution in [1.29, 1.82) is 0 Å². The average Bonchev–Trinajstić information content (AvgIpc) is 2.86. The van der Waals surface area contributed by atoms with Crippen molar-refractivity contribution in [3.05, 3.63) is 28.2 Å². The standard InChI is InChI=1S/C15H20BrNO/c1-11-13(16)7-4-8-14(11)17-15(18)10-9-12-5-2-3-6-12/h4,7-8,12H,2-3,5-6,9-10H2,1H3,(H,17,18). The zero-order valence-electron chi connectivity index (χ0n) is 10.8. The van der Waals surface area contributed by atoms with Crippen LogP contribution in [0.15, 0.2) is 22.7 Å². The van der Waals surface area contributed by atoms with Gasteiger partial charge in [0.2, 0.25) is 5.91 Å². The number of carbonyl (C=O) groups is 1. The molecule has 3 heteroatoms. The van der Waals surface area contributed by atoms with E-state index in [2.05, 4.69) is 21.2 Å². The Morgan fingerprint density at radius 3 is 2.83 bits per heavy atom. The van der Waals surface area contributed by atoms with Crippen molar-refractivity contribution >= 4 is 27.5 Å². The fraction of sp³-hybridized carbons (Fsp3) is 0.533. The van der Waals surface area contributed by atoms with Crippen LogP contribution in [0.4, 0.5) is 5.69 Å². The number of hydrogen-bond acceptors (Lipinski definition) is 1. The zero-order valence-corrected chi connectivity index (χ0v) is 12.4. The topological polar surface area (TPSA) is 29.1 Å². The summed E-state index contributed by atoms with van der Waals surface area (Å²) in [5.41, 5.74) is 2.01. The van der Waals surface area contributed by atoms with Crippen molar-refractivity contribution in [3.63, 3.8) is 0 Å². The van der Waals surface area contributed by atoms with Crippen LogP contribution in [0.25, 0.3) is 0 Å². The first kappa shape index (κ1) is 13.6. The minimum atomic E-state index is 0.142. The summed E-state index contributed by atoms with van der Waals surface area (Å²) in [6.45, 7) is 2.01. The molecule has 18 heavy (non-hydrogen) atoms. The molecule has 1 aromatic carbocycles. The second-order valence-corrected chi connectivity index (χ2v) is 6.00. The third-order valence-corrected chi connectivity index (χ3v) is 4.66. The zero-order chi connectivity index (χ0) is 13.0. The van der Waals surface area contributed by atoms with Gasteiger partial charge in [0.1, 0.15) is 0 Å². The van der Waals surface area contributed by atoms with Gasteiger partial charge in [-0.3, -0.25) is 4.79 Å². The summed E-state index contributed by atoms with van der Waals surface area (Å²) in [5.74, 6) is 0.919. The van der Waals surface area contributed by atoms with E-state index >= 15 is 0 Å². The maximum absolute atomic E-state index is 11.9. The number of hydrogen-bond donors (Lipinski definition) is 1. The van der Waals surface area contributed by atoms with Crippen molar-refractivity contribution in [2.45, 2.75) is 45.4 Å². The summed E-state index contributed by atoms with van der Waals surface area (Å²) in [6.07, 6.45) is 7.00. The van der Waals surface area contributed by atoms with Gasteiger partial charge < -0.3 is 5.32 Å². The predicted octanol–water partition coefficient (Wildman–Crippen LogP) is 4.67. The Hall–Kier alpha value is -0.830. The van der Waals surface area contributed by atoms with Gasteiger partial charge in [-0.05, 0) is 37.0 Å². The summed E-state index contributed by atoms with van der Waals surface area (Å²) >= 11 is 3.48. The molecule has 0 saturated heterocycles. The van der Waals surface area contributed by atoms with E-state index in [1.165, 1.54) is 25.7 Å². The number of nitrogens with one attached hydrogen (secondary N) is 1. The van der Waals surface area contributed by atoms with E-state index in [1.54, 1.807) is 0 Å². The number of anilines is 1. The highest BCUT2D eigenvalue weighted by molar-refractivity contribution is 9.10. The largest absolute Gasteiger partial charge is 0.326 e. The van der Waals surface area contributed by atoms with Gasteiger partial charge in [0, 0.05) is 16.6 Å². The monoisotopic (exact) mass is 309 g/mol. The highest BCUT2D eigenvalue weighted by atomic mass is 79.9. The van der Waals surface area contributed by atoms with Crippen LogP contribution in [-0.2, 0) is 4.79 Å². The molecular formula is C15H20BrNO. The Morgan fingerprint density at radius 2 is 2.11 bits per heavy atom. The molecule has 1 N–H and O–H groups in total. The lowest BCUT2D eigenvalue weighted by molar-refractivity contribution is -0.116. The third kappa shape index (κ3) is 3.58. The van der Waals surface area contributed by atoms with Crippen LogP contribution in [-0.4, -0.2) is 5.91 Å². The molecular weight excluding hydrogens is 290 g/mol. The number of halogens is 1. The quantitative estimate of drug-likeness (QED) is 0.860. The summed E-state index contributed by atoms with van der Waals surface area (Å²) in [6, 6.07) is 5.89. The highest BCUT2D eigenvalue weighted by Gasteiger charge is 2.16. The summed E-state index contributed by atoms with van der Waals surface area (Å²) in [7, 11) is 0. The molecule has 98 valence electrons. The lowest BCUT2D eigenvalue weighted by Crippen LogP contribution is -2.13. The SMILES string of the molecule is Cc1c(Br)cccc1NC(=O)CCC1CCCC1. The smallest absolute Gasteiger partial charge is 0.224 e. The van der Waals surface area contributed by atoms with E-state index < -0.39 is 0 Å². The molecule has 0 heterocycles. The number of benzene rings is 1. The van der Waals surface area contributed by atoms with E-state index in [0.717, 1.165) is 28.1 Å². The summed E-state index contributed by atoms with van der Waals surface area (Å²) in [4.78, 5) is 11.9. The van der Waals surface area contributed by atoms with Gasteiger partial charge in [-0.25, -0.2) is 0 Å². The van der Waals surface area contributed by atoms with Crippen LogP contribution in [0.3, 0.4) is 0 Å². The lowest BCUT2D eigenvalue weighted by Gasteiger charge is -2.11. The molecule has 0 spiro atoms. The molecule has 0 unspecified atom stereocenters. The van der Waals surface area contributed by atoms with Crippen molar-refractivity contribution < 1.29 is 4.79 Å². The van der Waals surface area contributed by atoms with Gasteiger partial charge in [-0.15, -0.1) is 0 Å². The van der Waals surface area contributed by atoms with Gasteiger partial charge >= 0.3 is 0 Å². The first-order valence-corrected chi connectivity index (χ1v) is 7.51.